The minimum atomic E-state index is 0.515. The molecule has 0 radical (unpaired) electrons. The van der Waals surface area contributed by atoms with E-state index in [1.54, 1.807) is 6.20 Å². The van der Waals surface area contributed by atoms with Gasteiger partial charge in [-0.2, -0.15) is 0 Å². The molecule has 0 atom stereocenters. The first kappa shape index (κ1) is 7.11. The lowest BCUT2D eigenvalue weighted by Crippen LogP contribution is -1.85. The van der Waals surface area contributed by atoms with Gasteiger partial charge < -0.3 is 0 Å². The van der Waals surface area contributed by atoms with Crippen molar-refractivity contribution in [1.82, 2.24) is 4.98 Å². The molecular formula is C8H6ClN. The van der Waals surface area contributed by atoms with Crippen LogP contribution in [0.1, 0.15) is 11.3 Å². The molecule has 0 saturated heterocycles. The Hall–Kier alpha value is -1.00. The summed E-state index contributed by atoms with van der Waals surface area (Å²) < 4.78 is 0. The Bertz CT molecular complexity index is 286. The van der Waals surface area contributed by atoms with E-state index in [1.165, 1.54) is 0 Å². The molecule has 0 aromatic carbocycles. The van der Waals surface area contributed by atoms with Gasteiger partial charge >= 0.3 is 0 Å². The molecule has 0 aliphatic carbocycles. The first-order valence-electron chi connectivity index (χ1n) is 2.83. The Labute approximate surface area is 65.0 Å². The highest BCUT2D eigenvalue weighted by molar-refractivity contribution is 6.32. The summed E-state index contributed by atoms with van der Waals surface area (Å²) in [6.45, 7) is 1.89. The number of hydrogen-bond donors (Lipinski definition) is 0. The van der Waals surface area contributed by atoms with E-state index >= 15 is 0 Å². The second kappa shape index (κ2) is 2.72. The van der Waals surface area contributed by atoms with Gasteiger partial charge in [-0.15, -0.1) is 6.42 Å². The third kappa shape index (κ3) is 1.12. The number of rotatable bonds is 0. The molecule has 0 aliphatic rings. The van der Waals surface area contributed by atoms with E-state index in [2.05, 4.69) is 10.9 Å². The molecule has 0 spiro atoms. The van der Waals surface area contributed by atoms with Gasteiger partial charge in [-0.1, -0.05) is 11.6 Å². The fourth-order valence-corrected chi connectivity index (χ4v) is 0.807. The lowest BCUT2D eigenvalue weighted by molar-refractivity contribution is 1.25. The summed E-state index contributed by atoms with van der Waals surface area (Å²) in [6, 6.07) is 1.82. The third-order valence-electron chi connectivity index (χ3n) is 1.22. The Balaban J connectivity index is 3.31. The Morgan fingerprint density at radius 1 is 1.70 bits per heavy atom. The Morgan fingerprint density at radius 2 is 2.40 bits per heavy atom. The van der Waals surface area contributed by atoms with Crippen LogP contribution in [0.2, 0.25) is 5.02 Å². The van der Waals surface area contributed by atoms with E-state index in [4.69, 9.17) is 18.0 Å². The second-order valence-electron chi connectivity index (χ2n) is 1.93. The summed E-state index contributed by atoms with van der Waals surface area (Å²) in [5, 5.41) is 0.574. The summed E-state index contributed by atoms with van der Waals surface area (Å²) in [5.41, 5.74) is 1.48. The molecular weight excluding hydrogens is 146 g/mol. The van der Waals surface area contributed by atoms with Crippen LogP contribution in [0.25, 0.3) is 0 Å². The zero-order valence-corrected chi connectivity index (χ0v) is 6.31. The molecule has 0 bridgehead atoms. The minimum Gasteiger partial charge on any atom is -0.246 e. The second-order valence-corrected chi connectivity index (χ2v) is 2.31. The molecule has 1 nitrogen and oxygen atoms in total. The van der Waals surface area contributed by atoms with Crippen LogP contribution in [-0.2, 0) is 0 Å². The topological polar surface area (TPSA) is 12.9 Å². The molecule has 0 N–H and O–H groups in total. The van der Waals surface area contributed by atoms with Crippen LogP contribution in [0.3, 0.4) is 0 Å². The third-order valence-corrected chi connectivity index (χ3v) is 1.70. The van der Waals surface area contributed by atoms with Crippen LogP contribution in [0.4, 0.5) is 0 Å². The van der Waals surface area contributed by atoms with E-state index in [9.17, 15) is 0 Å². The number of halogens is 1. The van der Waals surface area contributed by atoms with Gasteiger partial charge in [0.25, 0.3) is 0 Å². The van der Waals surface area contributed by atoms with Gasteiger partial charge in [0.2, 0.25) is 0 Å². The van der Waals surface area contributed by atoms with Crippen LogP contribution in [0.5, 0.6) is 0 Å². The largest absolute Gasteiger partial charge is 0.246 e. The molecule has 1 heterocycles. The molecule has 1 rings (SSSR count). The number of hydrogen-bond acceptors (Lipinski definition) is 1. The van der Waals surface area contributed by atoms with Crippen LogP contribution in [-0.4, -0.2) is 4.98 Å². The highest BCUT2D eigenvalue weighted by Gasteiger charge is 1.98. The van der Waals surface area contributed by atoms with Crippen molar-refractivity contribution in [3.63, 3.8) is 0 Å². The van der Waals surface area contributed by atoms with Crippen LogP contribution in [0.15, 0.2) is 12.3 Å². The average Bonchev–Trinajstić information content (AvgIpc) is 1.95. The van der Waals surface area contributed by atoms with Gasteiger partial charge in [0, 0.05) is 6.20 Å². The molecule has 0 fully saturated rings. The number of pyridine rings is 1. The first-order valence-corrected chi connectivity index (χ1v) is 3.21. The fourth-order valence-electron chi connectivity index (χ4n) is 0.641. The summed E-state index contributed by atoms with van der Waals surface area (Å²) in [6.07, 6.45) is 6.77. The molecule has 0 amide bonds. The Kier molecular flexibility index (Phi) is 1.94. The summed E-state index contributed by atoms with van der Waals surface area (Å²) in [7, 11) is 0. The van der Waals surface area contributed by atoms with Gasteiger partial charge in [0.15, 0.2) is 0 Å². The van der Waals surface area contributed by atoms with Crippen molar-refractivity contribution in [2.75, 3.05) is 0 Å². The number of aromatic nitrogens is 1. The van der Waals surface area contributed by atoms with Crippen molar-refractivity contribution in [2.45, 2.75) is 6.92 Å². The molecule has 0 unspecified atom stereocenters. The quantitative estimate of drug-likeness (QED) is 0.517. The molecule has 1 aromatic heterocycles. The SMILES string of the molecule is C#Cc1nccc(C)c1Cl. The summed E-state index contributed by atoms with van der Waals surface area (Å²) >= 11 is 5.79. The van der Waals surface area contributed by atoms with Crippen molar-refractivity contribution in [3.05, 3.63) is 28.5 Å². The van der Waals surface area contributed by atoms with Gasteiger partial charge in [0.05, 0.1) is 5.02 Å². The number of nitrogens with zero attached hydrogens (tertiary/aromatic N) is 1. The molecule has 1 aromatic rings. The van der Waals surface area contributed by atoms with Gasteiger partial charge in [-0.05, 0) is 24.5 Å². The number of terminal acetylenes is 1. The van der Waals surface area contributed by atoms with Gasteiger partial charge in [-0.3, -0.25) is 0 Å². The van der Waals surface area contributed by atoms with E-state index < -0.39 is 0 Å². The van der Waals surface area contributed by atoms with E-state index in [0.717, 1.165) is 5.56 Å². The predicted octanol–water partition coefficient (Wildman–Crippen LogP) is 2.02. The standard InChI is InChI=1S/C8H6ClN/c1-3-7-8(9)6(2)4-5-10-7/h1,4-5H,2H3. The number of aryl methyl sites for hydroxylation is 1. The van der Waals surface area contributed by atoms with E-state index in [0.29, 0.717) is 10.7 Å². The van der Waals surface area contributed by atoms with Crippen LogP contribution < -0.4 is 0 Å². The normalized spacial score (nSPS) is 8.90. The first-order chi connectivity index (χ1) is 4.75. The maximum Gasteiger partial charge on any atom is 0.131 e. The van der Waals surface area contributed by atoms with Crippen molar-refractivity contribution >= 4 is 11.6 Å². The Morgan fingerprint density at radius 3 is 2.90 bits per heavy atom. The van der Waals surface area contributed by atoms with Gasteiger partial charge in [0.1, 0.15) is 5.69 Å². The van der Waals surface area contributed by atoms with Crippen molar-refractivity contribution < 1.29 is 0 Å². The summed E-state index contributed by atoms with van der Waals surface area (Å²) in [5.74, 6) is 2.39. The molecule has 2 heteroatoms. The van der Waals surface area contributed by atoms with Crippen LogP contribution >= 0.6 is 11.6 Å². The van der Waals surface area contributed by atoms with Gasteiger partial charge in [-0.25, -0.2) is 4.98 Å². The van der Waals surface area contributed by atoms with Crippen LogP contribution in [0, 0.1) is 19.3 Å². The smallest absolute Gasteiger partial charge is 0.131 e. The van der Waals surface area contributed by atoms with Crippen molar-refractivity contribution in [2.24, 2.45) is 0 Å². The maximum absolute atomic E-state index is 5.79. The zero-order chi connectivity index (χ0) is 7.56. The minimum absolute atomic E-state index is 0.515. The maximum atomic E-state index is 5.79. The van der Waals surface area contributed by atoms with E-state index in [-0.39, 0.29) is 0 Å². The van der Waals surface area contributed by atoms with Crippen molar-refractivity contribution in [1.29, 1.82) is 0 Å². The predicted molar refractivity (Wildman–Crippen MR) is 41.9 cm³/mol. The molecule has 50 valence electrons. The zero-order valence-electron chi connectivity index (χ0n) is 5.56. The monoisotopic (exact) mass is 151 g/mol. The average molecular weight is 152 g/mol. The molecule has 0 aliphatic heterocycles. The molecule has 10 heavy (non-hydrogen) atoms. The highest BCUT2D eigenvalue weighted by Crippen LogP contribution is 2.16. The van der Waals surface area contributed by atoms with E-state index in [1.807, 2.05) is 13.0 Å². The fraction of sp³-hybridized carbons (Fsp3) is 0.125. The lowest BCUT2D eigenvalue weighted by Gasteiger charge is -1.96. The summed E-state index contributed by atoms with van der Waals surface area (Å²) in [4.78, 5) is 3.89. The van der Waals surface area contributed by atoms with Crippen molar-refractivity contribution in [3.8, 4) is 12.3 Å². The molecule has 0 saturated carbocycles. The lowest BCUT2D eigenvalue weighted by atomic mass is 10.2. The highest BCUT2D eigenvalue weighted by atomic mass is 35.5.